The van der Waals surface area contributed by atoms with Gasteiger partial charge in [-0.15, -0.1) is 0 Å². The number of hydrogen-bond acceptors (Lipinski definition) is 2. The van der Waals surface area contributed by atoms with Crippen LogP contribution in [0.25, 0.3) is 0 Å². The van der Waals surface area contributed by atoms with E-state index in [2.05, 4.69) is 30.6 Å². The summed E-state index contributed by atoms with van der Waals surface area (Å²) in [5.74, 6) is 2.07. The molecule has 116 valence electrons. The standard InChI is InChI=1S/C19H29NO/c1-20-18(11-9-15-6-3-2-4-7-15)16-10-12-19-17(14-16)8-5-13-21-19/h10,12,14-15,18,20H,2-9,11,13H2,1H3. The third-order valence-electron chi connectivity index (χ3n) is 5.27. The molecule has 21 heavy (non-hydrogen) atoms. The summed E-state index contributed by atoms with van der Waals surface area (Å²) in [4.78, 5) is 0. The van der Waals surface area contributed by atoms with E-state index >= 15 is 0 Å². The second-order valence-electron chi connectivity index (χ2n) is 6.74. The SMILES string of the molecule is CNC(CCC1CCCCC1)c1ccc2c(c1)CCCO2. The number of rotatable bonds is 5. The lowest BCUT2D eigenvalue weighted by Gasteiger charge is -2.25. The quantitative estimate of drug-likeness (QED) is 0.852. The van der Waals surface area contributed by atoms with Crippen molar-refractivity contribution in [1.29, 1.82) is 0 Å². The summed E-state index contributed by atoms with van der Waals surface area (Å²) in [5, 5.41) is 3.52. The van der Waals surface area contributed by atoms with Gasteiger partial charge in [0.05, 0.1) is 6.61 Å². The number of ether oxygens (including phenoxy) is 1. The lowest BCUT2D eigenvalue weighted by Crippen LogP contribution is -2.19. The van der Waals surface area contributed by atoms with Crippen LogP contribution in [0.4, 0.5) is 0 Å². The lowest BCUT2D eigenvalue weighted by molar-refractivity contribution is 0.287. The van der Waals surface area contributed by atoms with Gasteiger partial charge in [-0.05, 0) is 55.8 Å². The van der Waals surface area contributed by atoms with E-state index in [9.17, 15) is 0 Å². The van der Waals surface area contributed by atoms with Gasteiger partial charge in [0.25, 0.3) is 0 Å². The molecule has 1 aliphatic carbocycles. The zero-order valence-electron chi connectivity index (χ0n) is 13.4. The highest BCUT2D eigenvalue weighted by Crippen LogP contribution is 2.32. The first-order valence-electron chi connectivity index (χ1n) is 8.79. The monoisotopic (exact) mass is 287 g/mol. The van der Waals surface area contributed by atoms with E-state index in [4.69, 9.17) is 4.74 Å². The van der Waals surface area contributed by atoms with Crippen LogP contribution in [0.1, 0.15) is 68.5 Å². The summed E-state index contributed by atoms with van der Waals surface area (Å²) in [6, 6.07) is 7.30. The van der Waals surface area contributed by atoms with Crippen LogP contribution in [0.15, 0.2) is 18.2 Å². The van der Waals surface area contributed by atoms with Crippen LogP contribution in [0.5, 0.6) is 5.75 Å². The fourth-order valence-electron chi connectivity index (χ4n) is 3.95. The average Bonchev–Trinajstić information content (AvgIpc) is 2.56. The van der Waals surface area contributed by atoms with E-state index in [1.807, 2.05) is 0 Å². The Morgan fingerprint density at radius 2 is 2.05 bits per heavy atom. The number of nitrogens with one attached hydrogen (secondary N) is 1. The third kappa shape index (κ3) is 3.79. The van der Waals surface area contributed by atoms with Gasteiger partial charge in [-0.25, -0.2) is 0 Å². The highest BCUT2D eigenvalue weighted by atomic mass is 16.5. The molecule has 3 rings (SSSR count). The van der Waals surface area contributed by atoms with E-state index in [0.717, 1.165) is 24.7 Å². The molecule has 0 bridgehead atoms. The van der Waals surface area contributed by atoms with Crippen LogP contribution in [-0.2, 0) is 6.42 Å². The molecule has 1 saturated carbocycles. The summed E-state index contributed by atoms with van der Waals surface area (Å²) in [6.45, 7) is 0.878. The van der Waals surface area contributed by atoms with E-state index < -0.39 is 0 Å². The first-order chi connectivity index (χ1) is 10.4. The van der Waals surface area contributed by atoms with E-state index in [0.29, 0.717) is 6.04 Å². The smallest absolute Gasteiger partial charge is 0.122 e. The van der Waals surface area contributed by atoms with Crippen LogP contribution in [0.2, 0.25) is 0 Å². The topological polar surface area (TPSA) is 21.3 Å². The maximum atomic E-state index is 5.73. The van der Waals surface area contributed by atoms with Crippen molar-refractivity contribution < 1.29 is 4.74 Å². The Balaban J connectivity index is 1.62. The molecule has 1 aromatic rings. The maximum absolute atomic E-state index is 5.73. The number of hydrogen-bond donors (Lipinski definition) is 1. The summed E-state index contributed by atoms with van der Waals surface area (Å²) in [6.07, 6.45) is 12.2. The molecule has 1 heterocycles. The molecule has 0 amide bonds. The van der Waals surface area contributed by atoms with Gasteiger partial charge in [0.15, 0.2) is 0 Å². The average molecular weight is 287 g/mol. The molecule has 2 aliphatic rings. The molecular weight excluding hydrogens is 258 g/mol. The van der Waals surface area contributed by atoms with Gasteiger partial charge in [-0.3, -0.25) is 0 Å². The minimum Gasteiger partial charge on any atom is -0.493 e. The molecular formula is C19H29NO. The Morgan fingerprint density at radius 1 is 1.19 bits per heavy atom. The van der Waals surface area contributed by atoms with Crippen molar-refractivity contribution in [2.45, 2.75) is 63.8 Å². The maximum Gasteiger partial charge on any atom is 0.122 e. The Kier molecular flexibility index (Phi) is 5.18. The van der Waals surface area contributed by atoms with Gasteiger partial charge in [0, 0.05) is 6.04 Å². The molecule has 0 spiro atoms. The zero-order chi connectivity index (χ0) is 14.5. The Morgan fingerprint density at radius 3 is 2.86 bits per heavy atom. The van der Waals surface area contributed by atoms with Crippen LogP contribution in [0, 0.1) is 5.92 Å². The normalized spacial score (nSPS) is 20.6. The van der Waals surface area contributed by atoms with Gasteiger partial charge in [-0.1, -0.05) is 44.2 Å². The molecule has 1 atom stereocenters. The fraction of sp³-hybridized carbons (Fsp3) is 0.684. The van der Waals surface area contributed by atoms with E-state index in [1.54, 1.807) is 0 Å². The second-order valence-corrected chi connectivity index (χ2v) is 6.74. The van der Waals surface area contributed by atoms with Crippen LogP contribution in [0.3, 0.4) is 0 Å². The minimum absolute atomic E-state index is 0.499. The van der Waals surface area contributed by atoms with Crippen molar-refractivity contribution in [2.24, 2.45) is 5.92 Å². The second kappa shape index (κ2) is 7.31. The van der Waals surface area contributed by atoms with Crippen molar-refractivity contribution in [3.05, 3.63) is 29.3 Å². The molecule has 1 fully saturated rings. The molecule has 1 aliphatic heterocycles. The van der Waals surface area contributed by atoms with Crippen LogP contribution in [-0.4, -0.2) is 13.7 Å². The first-order valence-corrected chi connectivity index (χ1v) is 8.79. The molecule has 0 aromatic heterocycles. The Hall–Kier alpha value is -1.02. The van der Waals surface area contributed by atoms with Gasteiger partial charge in [0.1, 0.15) is 5.75 Å². The summed E-state index contributed by atoms with van der Waals surface area (Å²) >= 11 is 0. The van der Waals surface area contributed by atoms with Crippen molar-refractivity contribution in [3.63, 3.8) is 0 Å². The van der Waals surface area contributed by atoms with E-state index in [1.165, 1.54) is 62.5 Å². The van der Waals surface area contributed by atoms with E-state index in [-0.39, 0.29) is 0 Å². The molecule has 1 N–H and O–H groups in total. The third-order valence-corrected chi connectivity index (χ3v) is 5.27. The van der Waals surface area contributed by atoms with Crippen molar-refractivity contribution in [2.75, 3.05) is 13.7 Å². The fourth-order valence-corrected chi connectivity index (χ4v) is 3.95. The highest BCUT2D eigenvalue weighted by Gasteiger charge is 2.18. The predicted molar refractivity (Wildman–Crippen MR) is 87.9 cm³/mol. The van der Waals surface area contributed by atoms with Crippen molar-refractivity contribution in [3.8, 4) is 5.75 Å². The number of fused-ring (bicyclic) bond motifs is 1. The number of benzene rings is 1. The van der Waals surface area contributed by atoms with Gasteiger partial charge >= 0.3 is 0 Å². The largest absolute Gasteiger partial charge is 0.493 e. The first kappa shape index (κ1) is 14.9. The molecule has 2 heteroatoms. The van der Waals surface area contributed by atoms with Crippen LogP contribution < -0.4 is 10.1 Å². The van der Waals surface area contributed by atoms with Gasteiger partial charge < -0.3 is 10.1 Å². The van der Waals surface area contributed by atoms with Crippen molar-refractivity contribution in [1.82, 2.24) is 5.32 Å². The molecule has 0 saturated heterocycles. The van der Waals surface area contributed by atoms with Gasteiger partial charge in [0.2, 0.25) is 0 Å². The summed E-state index contributed by atoms with van der Waals surface area (Å²) < 4.78 is 5.73. The predicted octanol–water partition coefficient (Wildman–Crippen LogP) is 4.63. The zero-order valence-corrected chi connectivity index (χ0v) is 13.4. The highest BCUT2D eigenvalue weighted by molar-refractivity contribution is 5.39. The summed E-state index contributed by atoms with van der Waals surface area (Å²) in [7, 11) is 2.10. The number of aryl methyl sites for hydroxylation is 1. The van der Waals surface area contributed by atoms with Crippen molar-refractivity contribution >= 4 is 0 Å². The molecule has 1 aromatic carbocycles. The molecule has 2 nitrogen and oxygen atoms in total. The summed E-state index contributed by atoms with van der Waals surface area (Å²) in [5.41, 5.74) is 2.84. The van der Waals surface area contributed by atoms with Crippen LogP contribution >= 0.6 is 0 Å². The minimum atomic E-state index is 0.499. The Labute approximate surface area is 129 Å². The molecule has 1 unspecified atom stereocenters. The lowest BCUT2D eigenvalue weighted by atomic mass is 9.84. The molecule has 0 radical (unpaired) electrons. The Bertz CT molecular complexity index is 451. The van der Waals surface area contributed by atoms with Gasteiger partial charge in [-0.2, -0.15) is 0 Å².